The van der Waals surface area contributed by atoms with Gasteiger partial charge < -0.3 is 81.5 Å². The largest absolute Gasteiger partial charge is 0.519 e. The zero-order chi connectivity index (χ0) is 93.7. The predicted octanol–water partition coefficient (Wildman–Crippen LogP) is 26.0. The summed E-state index contributed by atoms with van der Waals surface area (Å²) in [6, 6.07) is 41.7. The van der Waals surface area contributed by atoms with Crippen LogP contribution < -0.4 is 27.1 Å². The van der Waals surface area contributed by atoms with Crippen LogP contribution in [-0.2, 0) is 39.8 Å². The highest BCUT2D eigenvalue weighted by Gasteiger charge is 2.28. The molecule has 0 unspecified atom stereocenters. The van der Waals surface area contributed by atoms with Crippen molar-refractivity contribution in [2.75, 3.05) is 74.1 Å². The van der Waals surface area contributed by atoms with Crippen molar-refractivity contribution in [1.29, 1.82) is 0 Å². The molecule has 0 aliphatic carbocycles. The Morgan fingerprint density at radius 3 is 0.938 bits per heavy atom. The molecule has 0 bridgehead atoms. The smallest absolute Gasteiger partial charge is 0.461 e. The van der Waals surface area contributed by atoms with Gasteiger partial charge in [0, 0.05) is 35.4 Å². The lowest BCUT2D eigenvalue weighted by Crippen LogP contribution is -2.28. The number of ether oxygens (including phenoxy) is 6. The summed E-state index contributed by atoms with van der Waals surface area (Å²) < 4.78 is 62.1. The lowest BCUT2D eigenvalue weighted by atomic mass is 9.98. The van der Waals surface area contributed by atoms with Gasteiger partial charge in [0.1, 0.15) is 36.3 Å². The van der Waals surface area contributed by atoms with E-state index in [9.17, 15) is 28.8 Å². The molecule has 0 aliphatic rings. The van der Waals surface area contributed by atoms with Crippen LogP contribution in [-0.4, -0.2) is 108 Å². The fourth-order valence-electron chi connectivity index (χ4n) is 13.1. The van der Waals surface area contributed by atoms with Crippen molar-refractivity contribution in [3.8, 4) is 44.5 Å². The van der Waals surface area contributed by atoms with Crippen molar-refractivity contribution >= 4 is 168 Å². The summed E-state index contributed by atoms with van der Waals surface area (Å²) >= 11 is 52.3. The van der Waals surface area contributed by atoms with Crippen molar-refractivity contribution in [1.82, 2.24) is 25.5 Å². The molecule has 35 heteroatoms. The molecule has 0 amide bonds. The first-order chi connectivity index (χ1) is 61.5. The Balaban J connectivity index is 0.000000179. The van der Waals surface area contributed by atoms with E-state index in [-0.39, 0.29) is 35.9 Å². The summed E-state index contributed by atoms with van der Waals surface area (Å²) in [5, 5.41) is 31.5. The van der Waals surface area contributed by atoms with E-state index < -0.39 is 47.9 Å². The Morgan fingerprint density at radius 1 is 0.372 bits per heavy atom. The second-order valence-electron chi connectivity index (χ2n) is 29.9. The van der Waals surface area contributed by atoms with E-state index in [2.05, 4.69) is 60.6 Å². The van der Waals surface area contributed by atoms with Gasteiger partial charge in [0.15, 0.2) is 18.1 Å². The number of hydrogen-bond acceptors (Lipinski definition) is 27. The molecule has 0 radical (unpaired) electrons. The molecule has 129 heavy (non-hydrogen) atoms. The van der Waals surface area contributed by atoms with Crippen molar-refractivity contribution in [3.63, 3.8) is 0 Å². The summed E-state index contributed by atoms with van der Waals surface area (Å²) in [5.74, 6) is -0.435. The Labute approximate surface area is 784 Å². The number of aryl methyl sites for hydroxylation is 9. The minimum Gasteiger partial charge on any atom is -0.461 e. The molecule has 0 saturated carbocycles. The lowest BCUT2D eigenvalue weighted by Gasteiger charge is -2.18. The molecule has 0 fully saturated rings. The van der Waals surface area contributed by atoms with Crippen LogP contribution in [0.2, 0.25) is 40.2 Å². The number of nitrogens with zero attached hydrogens (tertiary/aromatic N) is 5. The average molecular weight is 1920 g/mol. The zero-order valence-corrected chi connectivity index (χ0v) is 79.1. The molecule has 5 heterocycles. The van der Waals surface area contributed by atoms with Gasteiger partial charge in [0.25, 0.3) is 0 Å². The molecule has 13 aromatic rings. The Morgan fingerprint density at radius 2 is 0.667 bits per heavy atom. The molecule has 678 valence electrons. The molecular weight excluding hydrogens is 1830 g/mol. The van der Waals surface area contributed by atoms with Crippen LogP contribution in [0.25, 0.3) is 44.5 Å². The zero-order valence-electron chi connectivity index (χ0n) is 73.0. The van der Waals surface area contributed by atoms with E-state index in [1.165, 1.54) is 0 Å². The first-order valence-corrected chi connectivity index (χ1v) is 43.4. The highest BCUT2D eigenvalue weighted by molar-refractivity contribution is 6.42. The number of aromatic nitrogens is 4. The number of halogens is 8. The maximum absolute atomic E-state index is 12.7. The van der Waals surface area contributed by atoms with Gasteiger partial charge in [-0.15, -0.1) is 0 Å². The summed E-state index contributed by atoms with van der Waals surface area (Å²) in [5.41, 5.74) is 13.8. The first-order valence-electron chi connectivity index (χ1n) is 40.4. The van der Waals surface area contributed by atoms with Crippen molar-refractivity contribution in [3.05, 3.63) is 276 Å². The quantitative estimate of drug-likeness (QED) is 0.0141. The standard InChI is InChI=1S/C24H27Cl2N3O3.C24H24Cl2N2O5.C23H18Cl2N2O6.C23H24Cl2N2O4/c1-5-29(6-2)11-12-31-24(30)18-9-7-8-10-21(18)27-23-19(25)13-17(14-20(23)26)22-15(3)28-32-16(22)4;1-13-20(14(2)33-28-13)15-10-17(25)21(18(26)11-15)27-19-9-7-6-8-16(19)22(29)31-12-32-23(30)24(3,4)5;1-11-20(13(3)33-27-11)14-8-16(24)21(17(25)9-14)26-18-7-5-4-6-15(18)22(28)30-10-19-12(2)31-23(29)32-19;1-4-9-29-10-11-30-23(28)17-7-5-6-8-20(17)26-22-18(24)12-16(13-19(22)25)21-14(2)27-31-15(21)3/h7-10,13-14,27H,5-6,11-12H2,1-4H3;6-11,27H,12H2,1-5H3;4-9,26H,10H2,1-3H3;5-8,12-13,26H,4,9-11H2,1-3H3. The number of rotatable bonds is 30. The minimum absolute atomic E-state index is 0.139. The Hall–Kier alpha value is -11.6. The average Bonchev–Trinajstić information content (AvgIpc) is 1.78. The van der Waals surface area contributed by atoms with Gasteiger partial charge in [-0.1, -0.05) is 183 Å². The number of likely N-dealkylation sites (N-methyl/N-ethyl adjacent to an activating group) is 1. The van der Waals surface area contributed by atoms with Gasteiger partial charge in [0.2, 0.25) is 6.79 Å². The molecule has 5 aromatic heterocycles. The van der Waals surface area contributed by atoms with E-state index in [1.807, 2.05) is 67.5 Å². The normalized spacial score (nSPS) is 11.0. The van der Waals surface area contributed by atoms with Crippen LogP contribution >= 0.6 is 92.8 Å². The second kappa shape index (κ2) is 46.1. The van der Waals surface area contributed by atoms with Crippen molar-refractivity contribution in [2.24, 2.45) is 5.41 Å². The van der Waals surface area contributed by atoms with Crippen LogP contribution in [0.1, 0.15) is 147 Å². The van der Waals surface area contributed by atoms with Gasteiger partial charge >= 0.3 is 35.7 Å². The number of esters is 5. The topological polar surface area (TPSA) is 340 Å². The van der Waals surface area contributed by atoms with Crippen LogP contribution in [0.4, 0.5) is 45.5 Å². The molecular formula is C94H93Cl8N9O18. The van der Waals surface area contributed by atoms with Gasteiger partial charge in [0.05, 0.1) is 143 Å². The molecule has 0 saturated heterocycles. The second-order valence-corrected chi connectivity index (χ2v) is 33.1. The summed E-state index contributed by atoms with van der Waals surface area (Å²) in [6.07, 6.45) is 0.914. The molecule has 4 N–H and O–H groups in total. The molecule has 0 atom stereocenters. The van der Waals surface area contributed by atoms with E-state index in [4.69, 9.17) is 148 Å². The lowest BCUT2D eigenvalue weighted by molar-refractivity contribution is -0.161. The maximum Gasteiger partial charge on any atom is 0.519 e. The summed E-state index contributed by atoms with van der Waals surface area (Å²) in [7, 11) is 0. The molecule has 0 aliphatic heterocycles. The Kier molecular flexibility index (Phi) is 35.6. The minimum atomic E-state index is -0.857. The predicted molar refractivity (Wildman–Crippen MR) is 501 cm³/mol. The fourth-order valence-corrected chi connectivity index (χ4v) is 15.4. The van der Waals surface area contributed by atoms with Gasteiger partial charge in [-0.05, 0) is 222 Å². The van der Waals surface area contributed by atoms with Crippen molar-refractivity contribution < 1.29 is 79.3 Å². The molecule has 13 rings (SSSR count). The number of nitrogens with one attached hydrogen (secondary N) is 4. The number of para-hydroxylation sites is 4. The van der Waals surface area contributed by atoms with Gasteiger partial charge in [-0.2, -0.15) is 0 Å². The third-order valence-electron chi connectivity index (χ3n) is 19.6. The van der Waals surface area contributed by atoms with E-state index in [0.29, 0.717) is 146 Å². The molecule has 27 nitrogen and oxygen atoms in total. The number of carbonyl (C=O) groups excluding carboxylic acids is 5. The van der Waals surface area contributed by atoms with Crippen molar-refractivity contribution in [2.45, 2.75) is 117 Å². The van der Waals surface area contributed by atoms with Gasteiger partial charge in [-0.3, -0.25) is 4.79 Å². The van der Waals surface area contributed by atoms with Crippen LogP contribution in [0, 0.1) is 67.7 Å². The van der Waals surface area contributed by atoms with Gasteiger partial charge in [-0.25, -0.2) is 24.0 Å². The van der Waals surface area contributed by atoms with Crippen LogP contribution in [0.3, 0.4) is 0 Å². The Bertz CT molecular complexity index is 6070. The first kappa shape index (κ1) is 99.6. The number of benzene rings is 8. The fraction of sp³-hybridized carbons (Fsp3) is 0.277. The highest BCUT2D eigenvalue weighted by Crippen LogP contribution is 2.45. The maximum atomic E-state index is 12.7. The number of carbonyl (C=O) groups is 5. The molecule has 8 aromatic carbocycles. The number of hydrogen-bond donors (Lipinski definition) is 4. The molecule has 0 spiro atoms. The van der Waals surface area contributed by atoms with E-state index in [0.717, 1.165) is 86.8 Å². The third-order valence-corrected chi connectivity index (χ3v) is 22.0. The SMILES string of the molecule is CCCOCCOC(=O)c1ccccc1Nc1c(Cl)cc(-c2c(C)noc2C)cc1Cl.CCN(CC)CCOC(=O)c1ccccc1Nc1c(Cl)cc(-c2c(C)noc2C)cc1Cl.Cc1noc(C)c1-c1cc(Cl)c(Nc2ccccc2C(=O)OCOC(=O)C(C)(C)C)c(Cl)c1.Cc1noc(C)c1-c1cc(Cl)c(Nc2ccccc2C(=O)OCc2oc(=O)oc2C)c(Cl)c1. The van der Waals surface area contributed by atoms with Crippen LogP contribution in [0.15, 0.2) is 177 Å². The third kappa shape index (κ3) is 25.9. The summed E-state index contributed by atoms with van der Waals surface area (Å²) in [4.78, 5) is 75.8. The van der Waals surface area contributed by atoms with E-state index >= 15 is 0 Å². The van der Waals surface area contributed by atoms with E-state index in [1.54, 1.807) is 168 Å². The van der Waals surface area contributed by atoms with Crippen LogP contribution in [0.5, 0.6) is 0 Å². The number of anilines is 8. The monoisotopic (exact) mass is 1920 g/mol. The highest BCUT2D eigenvalue weighted by atomic mass is 35.5. The summed E-state index contributed by atoms with van der Waals surface area (Å²) in [6.45, 7) is 30.8.